The van der Waals surface area contributed by atoms with Crippen LogP contribution in [0, 0.1) is 20.2 Å². The summed E-state index contributed by atoms with van der Waals surface area (Å²) in [5, 5.41) is 25.2. The van der Waals surface area contributed by atoms with E-state index in [1.807, 2.05) is 0 Å². The third-order valence-corrected chi connectivity index (χ3v) is 9.79. The van der Waals surface area contributed by atoms with Crippen molar-refractivity contribution in [3.8, 4) is 10.4 Å². The molecule has 2 aliphatic heterocycles. The number of benzene rings is 2. The van der Waals surface area contributed by atoms with Crippen LogP contribution in [0.15, 0.2) is 72.1 Å². The van der Waals surface area contributed by atoms with Crippen LogP contribution in [0.5, 0.6) is 0 Å². The van der Waals surface area contributed by atoms with Gasteiger partial charge in [-0.05, 0) is 51.9 Å². The molecule has 0 aliphatic carbocycles. The molecule has 5 rings (SSSR count). The Kier molecular flexibility index (Phi) is 9.45. The van der Waals surface area contributed by atoms with Crippen LogP contribution < -0.4 is 5.32 Å². The topological polar surface area (TPSA) is 211 Å². The monoisotopic (exact) mass is 668 g/mol. The maximum absolute atomic E-state index is 13.0. The number of nitro groups is 2. The highest BCUT2D eigenvalue weighted by molar-refractivity contribution is 7.92. The molecular formula is C29H24N4O11S2. The number of ether oxygens (including phenoxy) is 2. The van der Waals surface area contributed by atoms with E-state index in [-0.39, 0.29) is 35.9 Å². The zero-order valence-corrected chi connectivity index (χ0v) is 25.3. The van der Waals surface area contributed by atoms with E-state index in [9.17, 15) is 44.0 Å². The Morgan fingerprint density at radius 1 is 1.02 bits per heavy atom. The molecule has 238 valence electrons. The molecule has 1 N–H and O–H groups in total. The molecule has 1 aromatic heterocycles. The number of esters is 2. The van der Waals surface area contributed by atoms with E-state index >= 15 is 0 Å². The van der Waals surface area contributed by atoms with Gasteiger partial charge in [-0.3, -0.25) is 39.5 Å². The van der Waals surface area contributed by atoms with Crippen LogP contribution in [0.2, 0.25) is 0 Å². The van der Waals surface area contributed by atoms with Crippen LogP contribution in [0.25, 0.3) is 10.4 Å². The predicted octanol–water partition coefficient (Wildman–Crippen LogP) is 2.75. The Bertz CT molecular complexity index is 1730. The molecule has 46 heavy (non-hydrogen) atoms. The fourth-order valence-electron chi connectivity index (χ4n) is 4.97. The van der Waals surface area contributed by atoms with E-state index in [0.29, 0.717) is 16.7 Å². The number of nitrogens with zero attached hydrogens (tertiary/aromatic N) is 3. The molecule has 3 heterocycles. The van der Waals surface area contributed by atoms with E-state index in [1.54, 1.807) is 17.5 Å². The van der Waals surface area contributed by atoms with Gasteiger partial charge in [-0.25, -0.2) is 4.79 Å². The van der Waals surface area contributed by atoms with Crippen molar-refractivity contribution >= 4 is 57.6 Å². The summed E-state index contributed by atoms with van der Waals surface area (Å²) in [6.45, 7) is 3.25. The molecule has 4 atom stereocenters. The van der Waals surface area contributed by atoms with Crippen LogP contribution in [-0.4, -0.2) is 66.3 Å². The van der Waals surface area contributed by atoms with Gasteiger partial charge < -0.3 is 19.3 Å². The second-order valence-corrected chi connectivity index (χ2v) is 12.7. The average molecular weight is 669 g/mol. The van der Waals surface area contributed by atoms with Crippen molar-refractivity contribution in [2.45, 2.75) is 37.1 Å². The van der Waals surface area contributed by atoms with Gasteiger partial charge in [0.2, 0.25) is 11.3 Å². The molecule has 3 unspecified atom stereocenters. The van der Waals surface area contributed by atoms with Crippen molar-refractivity contribution in [2.75, 3.05) is 5.75 Å². The van der Waals surface area contributed by atoms with Gasteiger partial charge in [-0.1, -0.05) is 12.6 Å². The third kappa shape index (κ3) is 6.75. The van der Waals surface area contributed by atoms with Crippen molar-refractivity contribution in [1.82, 2.24) is 10.2 Å². The Morgan fingerprint density at radius 3 is 2.37 bits per heavy atom. The normalized spacial score (nSPS) is 20.2. The first-order valence-corrected chi connectivity index (χ1v) is 15.7. The highest BCUT2D eigenvalue weighted by atomic mass is 32.2. The molecule has 2 saturated heterocycles. The summed E-state index contributed by atoms with van der Waals surface area (Å²) in [5.74, 6) is -3.50. The lowest BCUT2D eigenvalue weighted by molar-refractivity contribution is -0.385. The summed E-state index contributed by atoms with van der Waals surface area (Å²) in [5.41, 5.74) is 1.35. The second kappa shape index (κ2) is 13.5. The van der Waals surface area contributed by atoms with Crippen LogP contribution in [0.3, 0.4) is 0 Å². The summed E-state index contributed by atoms with van der Waals surface area (Å²) in [6.07, 6.45) is -0.766. The Morgan fingerprint density at radius 2 is 1.72 bits per heavy atom. The number of amides is 2. The Hall–Kier alpha value is -5.13. The summed E-state index contributed by atoms with van der Waals surface area (Å²) < 4.78 is 23.4. The number of fused-ring (bicyclic) bond motifs is 1. The van der Waals surface area contributed by atoms with Crippen LogP contribution in [-0.2, 0) is 53.0 Å². The van der Waals surface area contributed by atoms with E-state index in [2.05, 4.69) is 11.9 Å². The summed E-state index contributed by atoms with van der Waals surface area (Å²) in [6, 6.07) is 10.4. The van der Waals surface area contributed by atoms with Crippen molar-refractivity contribution in [1.29, 1.82) is 0 Å². The number of nitrogens with one attached hydrogen (secondary N) is 1. The minimum absolute atomic E-state index is 0.137. The second-order valence-electron chi connectivity index (χ2n) is 10.2. The van der Waals surface area contributed by atoms with Gasteiger partial charge in [0.1, 0.15) is 25.4 Å². The minimum Gasteiger partial charge on any atom is -0.614 e. The number of carbonyl (C=O) groups excluding carboxylic acids is 4. The van der Waals surface area contributed by atoms with Crippen LogP contribution >= 0.6 is 11.3 Å². The first-order chi connectivity index (χ1) is 21.9. The number of hydrogen-bond acceptors (Lipinski definition) is 12. The quantitative estimate of drug-likeness (QED) is 0.0597. The molecule has 2 aromatic carbocycles. The van der Waals surface area contributed by atoms with Gasteiger partial charge in [0.05, 0.1) is 9.85 Å². The Balaban J connectivity index is 1.16. The number of β-lactam (4-membered cyclic amide) rings is 1. The molecule has 0 saturated carbocycles. The fraction of sp³-hybridized carbons (Fsp3) is 0.241. The standard InChI is InChI=1S/C29H24N4O11S2/c1-16-15-46(42)28-25(27(36)31(28)26(16)29(37)44-13-17-4-7-19(8-5-17)32(38)39)30-23(34)12-24(35)43-14-18-6-9-20(33(40)41)11-21(18)22-3-2-10-45-22/h2-11,25-26,28H,1,12-15H2,(H,30,34)/t25?,26?,28-,46?/m0/s1. The van der Waals surface area contributed by atoms with Gasteiger partial charge in [0.15, 0.2) is 12.1 Å². The van der Waals surface area contributed by atoms with Crippen LogP contribution in [0.4, 0.5) is 11.4 Å². The van der Waals surface area contributed by atoms with E-state index in [4.69, 9.17) is 9.47 Å². The Labute approximate surface area is 267 Å². The van der Waals surface area contributed by atoms with Gasteiger partial charge in [0.25, 0.3) is 17.3 Å². The van der Waals surface area contributed by atoms with E-state index in [1.165, 1.54) is 53.8 Å². The van der Waals surface area contributed by atoms with Gasteiger partial charge >= 0.3 is 11.9 Å². The number of hydrogen-bond donors (Lipinski definition) is 1. The number of thiophene rings is 1. The van der Waals surface area contributed by atoms with Gasteiger partial charge in [-0.15, -0.1) is 11.3 Å². The van der Waals surface area contributed by atoms with Crippen molar-refractivity contribution in [2.24, 2.45) is 0 Å². The lowest BCUT2D eigenvalue weighted by atomic mass is 9.98. The largest absolute Gasteiger partial charge is 0.614 e. The van der Waals surface area contributed by atoms with Gasteiger partial charge in [0, 0.05) is 40.3 Å². The lowest BCUT2D eigenvalue weighted by Gasteiger charge is -2.52. The molecule has 0 bridgehead atoms. The molecule has 2 aliphatic rings. The number of non-ortho nitro benzene ring substituents is 2. The van der Waals surface area contributed by atoms with Crippen molar-refractivity contribution in [3.05, 3.63) is 103 Å². The third-order valence-electron chi connectivity index (χ3n) is 7.19. The summed E-state index contributed by atoms with van der Waals surface area (Å²) in [7, 11) is 0. The maximum Gasteiger partial charge on any atom is 0.333 e. The van der Waals surface area contributed by atoms with Crippen molar-refractivity contribution < 1.29 is 43.1 Å². The lowest BCUT2D eigenvalue weighted by Crippen LogP contribution is -2.78. The maximum atomic E-state index is 13.0. The first kappa shape index (κ1) is 32.3. The van der Waals surface area contributed by atoms with Gasteiger partial charge in [-0.2, -0.15) is 0 Å². The highest BCUT2D eigenvalue weighted by Crippen LogP contribution is 2.37. The zero-order chi connectivity index (χ0) is 33.1. The molecule has 17 heteroatoms. The molecule has 15 nitrogen and oxygen atoms in total. The summed E-state index contributed by atoms with van der Waals surface area (Å²) in [4.78, 5) is 73.9. The molecule has 3 aromatic rings. The van der Waals surface area contributed by atoms with Crippen LogP contribution in [0.1, 0.15) is 17.5 Å². The highest BCUT2D eigenvalue weighted by Gasteiger charge is 2.63. The van der Waals surface area contributed by atoms with E-state index in [0.717, 1.165) is 9.78 Å². The van der Waals surface area contributed by atoms with Crippen molar-refractivity contribution in [3.63, 3.8) is 0 Å². The summed E-state index contributed by atoms with van der Waals surface area (Å²) >= 11 is -0.375. The first-order valence-electron chi connectivity index (χ1n) is 13.5. The molecule has 0 spiro atoms. The molecule has 2 fully saturated rings. The SMILES string of the molecule is C=C1C[S+]([O-])[C@H]2C(NC(=O)CC(=O)OCc3ccc([N+](=O)[O-])cc3-c3cccs3)C(=O)N2C1C(=O)OCc1ccc([N+](=O)[O-])cc1. The minimum atomic E-state index is -1.72. The molecule has 0 radical (unpaired) electrons. The van der Waals surface area contributed by atoms with E-state index < -0.39 is 68.7 Å². The smallest absolute Gasteiger partial charge is 0.333 e. The predicted molar refractivity (Wildman–Crippen MR) is 162 cm³/mol. The fourth-order valence-corrected chi connectivity index (χ4v) is 7.41. The molecular weight excluding hydrogens is 644 g/mol. The zero-order valence-electron chi connectivity index (χ0n) is 23.7. The number of carbonyl (C=O) groups is 4. The molecule has 2 amide bonds. The average Bonchev–Trinajstić information content (AvgIpc) is 3.56. The number of nitro benzene ring substituents is 2. The number of rotatable bonds is 11.